The zero-order valence-corrected chi connectivity index (χ0v) is 22.9. The van der Waals surface area contributed by atoms with Crippen molar-refractivity contribution in [2.45, 2.75) is 37.8 Å². The largest absolute Gasteiger partial charge is 0.493 e. The molecule has 1 unspecified atom stereocenters. The van der Waals surface area contributed by atoms with Crippen molar-refractivity contribution >= 4 is 17.7 Å². The Balaban J connectivity index is 1.42. The van der Waals surface area contributed by atoms with E-state index in [-0.39, 0.29) is 23.8 Å². The Morgan fingerprint density at radius 1 is 0.897 bits per heavy atom. The molecular formula is C29H38N4O6. The number of methoxy groups -OCH3 is 3. The number of hydrogen-bond donors (Lipinski definition) is 2. The molecule has 1 heterocycles. The number of ether oxygens (including phenoxy) is 3. The molecule has 0 spiro atoms. The van der Waals surface area contributed by atoms with Crippen molar-refractivity contribution in [3.05, 3.63) is 53.6 Å². The van der Waals surface area contributed by atoms with Crippen molar-refractivity contribution in [3.63, 3.8) is 0 Å². The molecule has 0 aromatic heterocycles. The van der Waals surface area contributed by atoms with Gasteiger partial charge in [-0.15, -0.1) is 0 Å². The van der Waals surface area contributed by atoms with Gasteiger partial charge < -0.3 is 30.2 Å². The summed E-state index contributed by atoms with van der Waals surface area (Å²) in [6, 6.07) is 11.6. The van der Waals surface area contributed by atoms with E-state index in [2.05, 4.69) is 10.2 Å². The zero-order valence-electron chi connectivity index (χ0n) is 22.9. The molecule has 0 bridgehead atoms. The first-order chi connectivity index (χ1) is 18.9. The van der Waals surface area contributed by atoms with E-state index in [4.69, 9.17) is 19.9 Å². The van der Waals surface area contributed by atoms with E-state index in [0.29, 0.717) is 54.6 Å². The maximum absolute atomic E-state index is 13.4. The lowest BCUT2D eigenvalue weighted by Crippen LogP contribution is -2.56. The van der Waals surface area contributed by atoms with Crippen molar-refractivity contribution in [2.24, 2.45) is 11.7 Å². The molecule has 3 amide bonds. The van der Waals surface area contributed by atoms with Crippen LogP contribution in [0.4, 0.5) is 0 Å². The zero-order chi connectivity index (χ0) is 27.9. The molecule has 10 nitrogen and oxygen atoms in total. The summed E-state index contributed by atoms with van der Waals surface area (Å²) in [7, 11) is 4.56. The molecule has 3 N–H and O–H groups in total. The SMILES string of the molecule is COc1cc(C(=O)N2CCN(C3CCCC[C@H]3C(=O)N[C@H](C(N)=O)c3ccccc3)CC2)cc(OC)c1OC. The van der Waals surface area contributed by atoms with Gasteiger partial charge in [0.2, 0.25) is 17.6 Å². The van der Waals surface area contributed by atoms with Crippen molar-refractivity contribution < 1.29 is 28.6 Å². The predicted octanol–water partition coefficient (Wildman–Crippen LogP) is 2.37. The third kappa shape index (κ3) is 6.27. The fourth-order valence-electron chi connectivity index (χ4n) is 5.71. The van der Waals surface area contributed by atoms with Crippen LogP contribution in [0.15, 0.2) is 42.5 Å². The molecule has 39 heavy (non-hydrogen) atoms. The van der Waals surface area contributed by atoms with Gasteiger partial charge in [-0.3, -0.25) is 19.3 Å². The van der Waals surface area contributed by atoms with Crippen LogP contribution >= 0.6 is 0 Å². The average Bonchev–Trinajstić information content (AvgIpc) is 2.98. The topological polar surface area (TPSA) is 123 Å². The van der Waals surface area contributed by atoms with E-state index in [1.807, 2.05) is 23.1 Å². The maximum Gasteiger partial charge on any atom is 0.254 e. The molecule has 2 aromatic rings. The smallest absolute Gasteiger partial charge is 0.254 e. The molecule has 210 valence electrons. The van der Waals surface area contributed by atoms with E-state index in [1.54, 1.807) is 24.3 Å². The number of hydrogen-bond acceptors (Lipinski definition) is 7. The van der Waals surface area contributed by atoms with Crippen LogP contribution in [0.2, 0.25) is 0 Å². The summed E-state index contributed by atoms with van der Waals surface area (Å²) in [4.78, 5) is 43.1. The molecule has 1 aliphatic heterocycles. The Labute approximate surface area is 229 Å². The highest BCUT2D eigenvalue weighted by Gasteiger charge is 2.38. The lowest BCUT2D eigenvalue weighted by Gasteiger charge is -2.44. The van der Waals surface area contributed by atoms with Crippen molar-refractivity contribution in [3.8, 4) is 17.2 Å². The molecule has 2 fully saturated rings. The van der Waals surface area contributed by atoms with Crippen LogP contribution in [0.25, 0.3) is 0 Å². The lowest BCUT2D eigenvalue weighted by atomic mass is 9.82. The van der Waals surface area contributed by atoms with E-state index in [1.165, 1.54) is 21.3 Å². The molecule has 1 saturated carbocycles. The normalized spacial score (nSPS) is 20.5. The third-order valence-corrected chi connectivity index (χ3v) is 7.75. The van der Waals surface area contributed by atoms with Crippen LogP contribution in [0.1, 0.15) is 47.6 Å². The second-order valence-corrected chi connectivity index (χ2v) is 9.96. The van der Waals surface area contributed by atoms with Crippen LogP contribution in [0.5, 0.6) is 17.2 Å². The number of nitrogens with two attached hydrogens (primary N) is 1. The fraction of sp³-hybridized carbons (Fsp3) is 0.483. The number of amides is 3. The minimum atomic E-state index is -0.866. The number of primary amides is 1. The minimum absolute atomic E-state index is 0.0430. The molecule has 1 saturated heterocycles. The number of carbonyl (C=O) groups is 3. The Bertz CT molecular complexity index is 1140. The van der Waals surface area contributed by atoms with E-state index >= 15 is 0 Å². The van der Waals surface area contributed by atoms with Crippen LogP contribution in [0.3, 0.4) is 0 Å². The molecule has 1 aliphatic carbocycles. The average molecular weight is 539 g/mol. The summed E-state index contributed by atoms with van der Waals surface area (Å²) in [6.07, 6.45) is 3.64. The van der Waals surface area contributed by atoms with Gasteiger partial charge in [0.05, 0.1) is 27.2 Å². The van der Waals surface area contributed by atoms with Gasteiger partial charge in [-0.05, 0) is 30.5 Å². The third-order valence-electron chi connectivity index (χ3n) is 7.75. The van der Waals surface area contributed by atoms with E-state index in [9.17, 15) is 14.4 Å². The van der Waals surface area contributed by atoms with Gasteiger partial charge in [-0.25, -0.2) is 0 Å². The first kappa shape index (κ1) is 28.2. The van der Waals surface area contributed by atoms with Gasteiger partial charge in [0.25, 0.3) is 5.91 Å². The van der Waals surface area contributed by atoms with Crippen LogP contribution in [-0.2, 0) is 9.59 Å². The summed E-state index contributed by atoms with van der Waals surface area (Å²) < 4.78 is 16.2. The van der Waals surface area contributed by atoms with Crippen molar-refractivity contribution in [1.29, 1.82) is 0 Å². The first-order valence-electron chi connectivity index (χ1n) is 13.4. The van der Waals surface area contributed by atoms with Gasteiger partial charge in [-0.1, -0.05) is 43.2 Å². The summed E-state index contributed by atoms with van der Waals surface area (Å²) >= 11 is 0. The predicted molar refractivity (Wildman–Crippen MR) is 146 cm³/mol. The summed E-state index contributed by atoms with van der Waals surface area (Å²) in [5.41, 5.74) is 6.78. The summed E-state index contributed by atoms with van der Waals surface area (Å²) in [5, 5.41) is 2.91. The Morgan fingerprint density at radius 2 is 1.51 bits per heavy atom. The standard InChI is InChI=1S/C29H38N4O6/c1-37-23-17-20(18-24(38-2)26(23)39-3)29(36)33-15-13-32(14-16-33)22-12-8-7-11-21(22)28(35)31-25(27(30)34)19-9-5-4-6-10-19/h4-6,9-10,17-18,21-22,25H,7-8,11-16H2,1-3H3,(H2,30,34)(H,31,35)/t21-,22?,25+/m1/s1. The Hall–Kier alpha value is -3.79. The monoisotopic (exact) mass is 538 g/mol. The second-order valence-electron chi connectivity index (χ2n) is 9.96. The molecule has 0 radical (unpaired) electrons. The van der Waals surface area contributed by atoms with Gasteiger partial charge in [0.1, 0.15) is 6.04 Å². The van der Waals surface area contributed by atoms with Crippen LogP contribution in [-0.4, -0.2) is 81.1 Å². The Morgan fingerprint density at radius 3 is 2.08 bits per heavy atom. The lowest BCUT2D eigenvalue weighted by molar-refractivity contribution is -0.133. The van der Waals surface area contributed by atoms with E-state index < -0.39 is 11.9 Å². The number of nitrogens with one attached hydrogen (secondary N) is 1. The second kappa shape index (κ2) is 12.8. The Kier molecular flexibility index (Phi) is 9.29. The number of nitrogens with zero attached hydrogens (tertiary/aromatic N) is 2. The number of benzene rings is 2. The summed E-state index contributed by atoms with van der Waals surface area (Å²) in [6.45, 7) is 2.38. The highest BCUT2D eigenvalue weighted by atomic mass is 16.5. The van der Waals surface area contributed by atoms with Crippen molar-refractivity contribution in [1.82, 2.24) is 15.1 Å². The van der Waals surface area contributed by atoms with Gasteiger partial charge in [0, 0.05) is 37.8 Å². The number of piperazine rings is 1. The minimum Gasteiger partial charge on any atom is -0.493 e. The highest BCUT2D eigenvalue weighted by Crippen LogP contribution is 2.38. The van der Waals surface area contributed by atoms with Gasteiger partial charge >= 0.3 is 0 Å². The van der Waals surface area contributed by atoms with Crippen LogP contribution < -0.4 is 25.3 Å². The quantitative estimate of drug-likeness (QED) is 0.502. The molecule has 2 aliphatic rings. The molecule has 2 aromatic carbocycles. The molecule has 4 rings (SSSR count). The number of rotatable bonds is 9. The van der Waals surface area contributed by atoms with Crippen LogP contribution in [0, 0.1) is 5.92 Å². The molecular weight excluding hydrogens is 500 g/mol. The van der Waals surface area contributed by atoms with Crippen molar-refractivity contribution in [2.75, 3.05) is 47.5 Å². The molecule has 10 heteroatoms. The van der Waals surface area contributed by atoms with Gasteiger partial charge in [-0.2, -0.15) is 0 Å². The first-order valence-corrected chi connectivity index (χ1v) is 13.4. The van der Waals surface area contributed by atoms with E-state index in [0.717, 1.165) is 25.7 Å². The fourth-order valence-corrected chi connectivity index (χ4v) is 5.71. The summed E-state index contributed by atoms with van der Waals surface area (Å²) in [5.74, 6) is 0.206. The van der Waals surface area contributed by atoms with Gasteiger partial charge in [0.15, 0.2) is 11.5 Å². The molecule has 3 atom stereocenters. The highest BCUT2D eigenvalue weighted by molar-refractivity contribution is 5.95. The number of carbonyl (C=O) groups excluding carboxylic acids is 3. The maximum atomic E-state index is 13.4.